The van der Waals surface area contributed by atoms with Gasteiger partial charge in [-0.2, -0.15) is 0 Å². The van der Waals surface area contributed by atoms with E-state index in [0.29, 0.717) is 18.7 Å². The summed E-state index contributed by atoms with van der Waals surface area (Å²) in [5.74, 6) is -0.290. The first kappa shape index (κ1) is 17.2. The third kappa shape index (κ3) is 4.91. The topological polar surface area (TPSA) is 97.4 Å². The van der Waals surface area contributed by atoms with Gasteiger partial charge in [0.15, 0.2) is 5.76 Å². The number of amides is 2. The number of furan rings is 1. The van der Waals surface area contributed by atoms with E-state index < -0.39 is 0 Å². The van der Waals surface area contributed by atoms with Gasteiger partial charge in [0.1, 0.15) is 0 Å². The molecule has 2 rings (SSSR count). The number of hydrogen-bond acceptors (Lipinski definition) is 4. The number of halogens is 2. The fraction of sp³-hybridized carbons (Fsp3) is 0.200. The van der Waals surface area contributed by atoms with Gasteiger partial charge in [0.05, 0.1) is 22.0 Å². The Hall–Kier alpha value is -2.18. The van der Waals surface area contributed by atoms with Crippen molar-refractivity contribution in [1.82, 2.24) is 5.32 Å². The summed E-state index contributed by atoms with van der Waals surface area (Å²) >= 11 is 11.8. The van der Waals surface area contributed by atoms with Crippen molar-refractivity contribution in [2.45, 2.75) is 12.8 Å². The lowest BCUT2D eigenvalue weighted by Crippen LogP contribution is -2.25. The van der Waals surface area contributed by atoms with Crippen molar-refractivity contribution in [2.75, 3.05) is 17.6 Å². The highest BCUT2D eigenvalue weighted by molar-refractivity contribution is 6.39. The summed E-state index contributed by atoms with van der Waals surface area (Å²) in [6, 6.07) is 6.25. The monoisotopic (exact) mass is 355 g/mol. The third-order valence-electron chi connectivity index (χ3n) is 2.97. The van der Waals surface area contributed by atoms with E-state index in [0.717, 1.165) is 0 Å². The first-order valence-corrected chi connectivity index (χ1v) is 7.59. The molecule has 0 fully saturated rings. The highest BCUT2D eigenvalue weighted by Crippen LogP contribution is 2.31. The van der Waals surface area contributed by atoms with Gasteiger partial charge in [-0.15, -0.1) is 0 Å². The van der Waals surface area contributed by atoms with Gasteiger partial charge >= 0.3 is 0 Å². The number of nitrogens with one attached hydrogen (secondary N) is 2. The first-order valence-electron chi connectivity index (χ1n) is 6.83. The van der Waals surface area contributed by atoms with E-state index in [9.17, 15) is 9.59 Å². The van der Waals surface area contributed by atoms with E-state index in [2.05, 4.69) is 10.6 Å². The summed E-state index contributed by atoms with van der Waals surface area (Å²) < 4.78 is 4.96. The van der Waals surface area contributed by atoms with Crippen molar-refractivity contribution in [3.63, 3.8) is 0 Å². The van der Waals surface area contributed by atoms with Crippen LogP contribution in [0.5, 0.6) is 0 Å². The van der Waals surface area contributed by atoms with E-state index in [1.165, 1.54) is 18.4 Å². The van der Waals surface area contributed by atoms with Crippen LogP contribution in [0.4, 0.5) is 11.4 Å². The Bertz CT molecular complexity index is 679. The molecule has 2 aromatic rings. The number of nitrogen functional groups attached to an aromatic ring is 1. The summed E-state index contributed by atoms with van der Waals surface area (Å²) in [6.45, 7) is 0.357. The zero-order valence-corrected chi connectivity index (χ0v) is 13.6. The molecule has 6 nitrogen and oxygen atoms in total. The molecule has 0 aliphatic carbocycles. The molecule has 0 bridgehead atoms. The number of anilines is 2. The largest absolute Gasteiger partial charge is 0.459 e. The van der Waals surface area contributed by atoms with Crippen LogP contribution in [0.1, 0.15) is 23.4 Å². The van der Waals surface area contributed by atoms with Crippen molar-refractivity contribution >= 4 is 46.4 Å². The van der Waals surface area contributed by atoms with Crippen LogP contribution in [0, 0.1) is 0 Å². The molecule has 0 aliphatic heterocycles. The van der Waals surface area contributed by atoms with Crippen molar-refractivity contribution in [3.05, 3.63) is 46.3 Å². The van der Waals surface area contributed by atoms with Crippen LogP contribution >= 0.6 is 23.2 Å². The van der Waals surface area contributed by atoms with Gasteiger partial charge in [0.2, 0.25) is 5.91 Å². The van der Waals surface area contributed by atoms with Gasteiger partial charge in [-0.05, 0) is 30.7 Å². The lowest BCUT2D eigenvalue weighted by molar-refractivity contribution is -0.116. The Balaban J connectivity index is 1.74. The quantitative estimate of drug-likeness (QED) is 0.546. The van der Waals surface area contributed by atoms with Crippen molar-refractivity contribution in [2.24, 2.45) is 0 Å². The molecule has 8 heteroatoms. The normalized spacial score (nSPS) is 10.3. The van der Waals surface area contributed by atoms with Crippen LogP contribution in [0.15, 0.2) is 34.9 Å². The van der Waals surface area contributed by atoms with E-state index in [4.69, 9.17) is 33.4 Å². The second-order valence-electron chi connectivity index (χ2n) is 4.74. The predicted molar refractivity (Wildman–Crippen MR) is 89.8 cm³/mol. The maximum Gasteiger partial charge on any atom is 0.286 e. The van der Waals surface area contributed by atoms with Gasteiger partial charge in [-0.3, -0.25) is 9.59 Å². The summed E-state index contributed by atoms with van der Waals surface area (Å²) in [5, 5.41) is 5.88. The SMILES string of the molecule is Nc1c(Cl)cc(NC(=O)CCCNC(=O)c2ccco2)cc1Cl. The fourth-order valence-electron chi connectivity index (χ4n) is 1.83. The highest BCUT2D eigenvalue weighted by Gasteiger charge is 2.09. The Kier molecular flexibility index (Phi) is 5.90. The molecule has 4 N–H and O–H groups in total. The molecule has 0 atom stereocenters. The molecular formula is C15H15Cl2N3O3. The molecule has 0 aliphatic rings. The van der Waals surface area contributed by atoms with Crippen LogP contribution in [0.3, 0.4) is 0 Å². The van der Waals surface area contributed by atoms with Crippen molar-refractivity contribution in [3.8, 4) is 0 Å². The summed E-state index contributed by atoms with van der Waals surface area (Å²) in [4.78, 5) is 23.4. The maximum atomic E-state index is 11.8. The average molecular weight is 356 g/mol. The van der Waals surface area contributed by atoms with Crippen LogP contribution in [0.25, 0.3) is 0 Å². The molecule has 0 spiro atoms. The molecule has 1 heterocycles. The van der Waals surface area contributed by atoms with E-state index in [1.807, 2.05) is 0 Å². The van der Waals surface area contributed by atoms with Crippen molar-refractivity contribution in [1.29, 1.82) is 0 Å². The number of benzene rings is 1. The van der Waals surface area contributed by atoms with E-state index >= 15 is 0 Å². The Morgan fingerprint density at radius 2 is 1.91 bits per heavy atom. The molecule has 1 aromatic heterocycles. The summed E-state index contributed by atoms with van der Waals surface area (Å²) in [6.07, 6.45) is 2.14. The summed E-state index contributed by atoms with van der Waals surface area (Å²) in [5.41, 5.74) is 6.37. The number of carbonyl (C=O) groups excluding carboxylic acids is 2. The van der Waals surface area contributed by atoms with Gasteiger partial charge in [0.25, 0.3) is 5.91 Å². The van der Waals surface area contributed by atoms with Crippen molar-refractivity contribution < 1.29 is 14.0 Å². The Morgan fingerprint density at radius 3 is 2.52 bits per heavy atom. The number of carbonyl (C=O) groups is 2. The Morgan fingerprint density at radius 1 is 1.22 bits per heavy atom. The molecule has 0 saturated carbocycles. The lowest BCUT2D eigenvalue weighted by Gasteiger charge is -2.08. The van der Waals surface area contributed by atoms with Gasteiger partial charge < -0.3 is 20.8 Å². The van der Waals surface area contributed by atoms with Gasteiger partial charge in [-0.1, -0.05) is 23.2 Å². The van der Waals surface area contributed by atoms with Crippen LogP contribution in [-0.4, -0.2) is 18.4 Å². The molecule has 1 aromatic carbocycles. The summed E-state index contributed by atoms with van der Waals surface area (Å²) in [7, 11) is 0. The molecule has 0 unspecified atom stereocenters. The average Bonchev–Trinajstić information content (AvgIpc) is 3.03. The minimum absolute atomic E-state index is 0.214. The Labute approximate surface area is 142 Å². The van der Waals surface area contributed by atoms with E-state index in [1.54, 1.807) is 12.1 Å². The number of rotatable bonds is 6. The zero-order valence-electron chi connectivity index (χ0n) is 12.1. The smallest absolute Gasteiger partial charge is 0.286 e. The molecule has 0 radical (unpaired) electrons. The highest BCUT2D eigenvalue weighted by atomic mass is 35.5. The van der Waals surface area contributed by atoms with E-state index in [-0.39, 0.29) is 39.7 Å². The van der Waals surface area contributed by atoms with Gasteiger partial charge in [-0.25, -0.2) is 0 Å². The van der Waals surface area contributed by atoms with Crippen LogP contribution < -0.4 is 16.4 Å². The second kappa shape index (κ2) is 7.89. The first-order chi connectivity index (χ1) is 11.0. The molecule has 0 saturated heterocycles. The molecular weight excluding hydrogens is 341 g/mol. The molecule has 2 amide bonds. The standard InChI is InChI=1S/C15H15Cl2N3O3/c16-10-7-9(8-11(17)14(10)18)20-13(21)4-1-5-19-15(22)12-3-2-6-23-12/h2-3,6-8H,1,4-5,18H2,(H,19,22)(H,20,21). The second-order valence-corrected chi connectivity index (χ2v) is 5.55. The maximum absolute atomic E-state index is 11.8. The lowest BCUT2D eigenvalue weighted by atomic mass is 10.2. The fourth-order valence-corrected chi connectivity index (χ4v) is 2.31. The van der Waals surface area contributed by atoms with Gasteiger partial charge in [0, 0.05) is 18.7 Å². The number of hydrogen-bond donors (Lipinski definition) is 3. The minimum atomic E-state index is -0.312. The molecule has 122 valence electrons. The molecule has 23 heavy (non-hydrogen) atoms. The predicted octanol–water partition coefficient (Wildman–Crippen LogP) is 3.32. The van der Waals surface area contributed by atoms with Crippen LogP contribution in [-0.2, 0) is 4.79 Å². The number of nitrogens with two attached hydrogens (primary N) is 1. The van der Waals surface area contributed by atoms with Crippen LogP contribution in [0.2, 0.25) is 10.0 Å². The minimum Gasteiger partial charge on any atom is -0.459 e. The third-order valence-corrected chi connectivity index (χ3v) is 3.60. The zero-order chi connectivity index (χ0) is 16.8.